The van der Waals surface area contributed by atoms with Crippen LogP contribution in [0.5, 0.6) is 11.5 Å². The van der Waals surface area contributed by atoms with Crippen molar-refractivity contribution in [2.45, 2.75) is 44.3 Å². The number of amides is 3. The van der Waals surface area contributed by atoms with Crippen molar-refractivity contribution >= 4 is 23.4 Å². The highest BCUT2D eigenvalue weighted by Gasteiger charge is 2.71. The Bertz CT molecular complexity index is 1220. The molecule has 9 heteroatoms. The normalized spacial score (nSPS) is 28.4. The number of nitrogens with one attached hydrogen (secondary N) is 2. The number of halogens is 1. The van der Waals surface area contributed by atoms with Crippen molar-refractivity contribution < 1.29 is 29.0 Å². The number of carbonyl (C=O) groups excluding carboxylic acids is 3. The Morgan fingerprint density at radius 2 is 1.76 bits per heavy atom. The quantitative estimate of drug-likeness (QED) is 0.408. The summed E-state index contributed by atoms with van der Waals surface area (Å²) < 4.78 is 14.3. The third-order valence-corrected chi connectivity index (χ3v) is 6.84. The fraction of sp³-hybridized carbons (Fsp3) is 0.375. The van der Waals surface area contributed by atoms with Crippen molar-refractivity contribution in [3.8, 4) is 11.5 Å². The predicted molar refractivity (Wildman–Crippen MR) is 116 cm³/mol. The van der Waals surface area contributed by atoms with Gasteiger partial charge in [0.25, 0.3) is 0 Å². The molecule has 0 aliphatic carbocycles. The molecule has 3 aliphatic rings. The third-order valence-electron chi connectivity index (χ3n) is 6.84. The van der Waals surface area contributed by atoms with Crippen molar-refractivity contribution in [1.82, 2.24) is 10.2 Å². The van der Waals surface area contributed by atoms with Gasteiger partial charge in [-0.2, -0.15) is 0 Å². The van der Waals surface area contributed by atoms with Gasteiger partial charge in [0.15, 0.2) is 11.5 Å². The first-order chi connectivity index (χ1) is 15.4. The molecule has 5 rings (SSSR count). The number of carbonyl (C=O) groups is 3. The highest BCUT2D eigenvalue weighted by atomic mass is 19.1. The van der Waals surface area contributed by atoms with Crippen molar-refractivity contribution in [2.24, 2.45) is 11.8 Å². The molecular weight excluding hydrogens is 429 g/mol. The topological polar surface area (TPSA) is 119 Å². The lowest BCUT2D eigenvalue weighted by Gasteiger charge is -2.34. The SMILES string of the molecule is CC(C)(C)N1C(=O)[C@@H]2[C@H](Cc3ccc(O)c(O)c3)N[C@@]3(C(=O)Nc4ccc(F)cc43)[C@@H]2C1=O. The average molecular weight is 453 g/mol. The second-order valence-electron chi connectivity index (χ2n) is 9.92. The Morgan fingerprint density at radius 1 is 1.03 bits per heavy atom. The van der Waals surface area contributed by atoms with E-state index in [0.717, 1.165) is 0 Å². The summed E-state index contributed by atoms with van der Waals surface area (Å²) >= 11 is 0. The Labute approximate surface area is 189 Å². The molecule has 8 nitrogen and oxygen atoms in total. The molecule has 1 spiro atoms. The van der Waals surface area contributed by atoms with Crippen LogP contribution < -0.4 is 10.6 Å². The van der Waals surface area contributed by atoms with Crippen molar-refractivity contribution in [1.29, 1.82) is 0 Å². The number of phenolic OH excluding ortho intramolecular Hbond substituents is 2. The molecule has 2 aromatic carbocycles. The van der Waals surface area contributed by atoms with Crippen LogP contribution in [0.15, 0.2) is 36.4 Å². The number of hydrogen-bond donors (Lipinski definition) is 4. The summed E-state index contributed by atoms with van der Waals surface area (Å²) in [6, 6.07) is 7.56. The number of likely N-dealkylation sites (tertiary alicyclic amines) is 1. The minimum Gasteiger partial charge on any atom is -0.504 e. The second-order valence-corrected chi connectivity index (χ2v) is 9.92. The minimum absolute atomic E-state index is 0.200. The maximum absolute atomic E-state index is 14.3. The molecule has 0 unspecified atom stereocenters. The zero-order chi connectivity index (χ0) is 23.9. The Morgan fingerprint density at radius 3 is 2.42 bits per heavy atom. The average Bonchev–Trinajstić information content (AvgIpc) is 3.29. The molecular formula is C24H24FN3O5. The lowest BCUT2D eigenvalue weighted by molar-refractivity contribution is -0.147. The van der Waals surface area contributed by atoms with Gasteiger partial charge in [0, 0.05) is 22.8 Å². The predicted octanol–water partition coefficient (Wildman–Crippen LogP) is 2.00. The van der Waals surface area contributed by atoms with E-state index in [0.29, 0.717) is 16.8 Å². The number of fused-ring (bicyclic) bond motifs is 4. The van der Waals surface area contributed by atoms with Gasteiger partial charge in [0.2, 0.25) is 17.7 Å². The van der Waals surface area contributed by atoms with Crippen molar-refractivity contribution in [3.05, 3.63) is 53.3 Å². The van der Waals surface area contributed by atoms with Gasteiger partial charge in [-0.3, -0.25) is 24.6 Å². The molecule has 33 heavy (non-hydrogen) atoms. The number of phenols is 2. The molecule has 0 aromatic heterocycles. The monoisotopic (exact) mass is 453 g/mol. The van der Waals surface area contributed by atoms with Gasteiger partial charge in [0.1, 0.15) is 11.4 Å². The Hall–Kier alpha value is -3.46. The van der Waals surface area contributed by atoms with E-state index in [4.69, 9.17) is 0 Å². The molecule has 0 radical (unpaired) electrons. The molecule has 2 aromatic rings. The lowest BCUT2D eigenvalue weighted by atomic mass is 9.76. The second kappa shape index (κ2) is 6.77. The minimum atomic E-state index is -1.60. The number of anilines is 1. The summed E-state index contributed by atoms with van der Waals surface area (Å²) in [6.07, 6.45) is 0.200. The maximum atomic E-state index is 14.3. The zero-order valence-electron chi connectivity index (χ0n) is 18.3. The van der Waals surface area contributed by atoms with Gasteiger partial charge in [-0.1, -0.05) is 6.07 Å². The lowest BCUT2D eigenvalue weighted by Crippen LogP contribution is -2.56. The fourth-order valence-electron chi connectivity index (χ4n) is 5.56. The number of nitrogens with zero attached hydrogens (tertiary/aromatic N) is 1. The molecule has 4 N–H and O–H groups in total. The van der Waals surface area contributed by atoms with Crippen LogP contribution in [0, 0.1) is 17.7 Å². The number of benzene rings is 2. The third kappa shape index (κ3) is 2.88. The summed E-state index contributed by atoms with van der Waals surface area (Å²) in [5, 5.41) is 25.5. The molecule has 0 saturated carbocycles. The van der Waals surface area contributed by atoms with E-state index in [1.54, 1.807) is 26.8 Å². The fourth-order valence-corrected chi connectivity index (χ4v) is 5.56. The van der Waals surface area contributed by atoms with Crippen LogP contribution in [0.25, 0.3) is 0 Å². The first kappa shape index (κ1) is 21.4. The molecule has 2 saturated heterocycles. The first-order valence-corrected chi connectivity index (χ1v) is 10.7. The summed E-state index contributed by atoms with van der Waals surface area (Å²) in [4.78, 5) is 41.8. The highest BCUT2D eigenvalue weighted by Crippen LogP contribution is 2.54. The van der Waals surface area contributed by atoms with E-state index in [2.05, 4.69) is 10.6 Å². The van der Waals surface area contributed by atoms with Crippen LogP contribution in [0.2, 0.25) is 0 Å². The van der Waals surface area contributed by atoms with Crippen LogP contribution in [0.1, 0.15) is 31.9 Å². The number of rotatable bonds is 2. The van der Waals surface area contributed by atoms with Gasteiger partial charge < -0.3 is 15.5 Å². The van der Waals surface area contributed by atoms with Crippen molar-refractivity contribution in [2.75, 3.05) is 5.32 Å². The van der Waals surface area contributed by atoms with Crippen LogP contribution in [0.4, 0.5) is 10.1 Å². The highest BCUT2D eigenvalue weighted by molar-refractivity contribution is 6.15. The van der Waals surface area contributed by atoms with E-state index in [1.165, 1.54) is 35.2 Å². The molecule has 4 atom stereocenters. The van der Waals surface area contributed by atoms with Crippen LogP contribution in [0.3, 0.4) is 0 Å². The summed E-state index contributed by atoms with van der Waals surface area (Å²) in [5.74, 6) is -4.45. The van der Waals surface area contributed by atoms with E-state index in [9.17, 15) is 29.0 Å². The van der Waals surface area contributed by atoms with Gasteiger partial charge in [-0.25, -0.2) is 4.39 Å². The number of aromatic hydroxyl groups is 2. The molecule has 3 aliphatic heterocycles. The number of imide groups is 1. The molecule has 3 amide bonds. The van der Waals surface area contributed by atoms with Crippen molar-refractivity contribution in [3.63, 3.8) is 0 Å². The molecule has 0 bridgehead atoms. The van der Waals surface area contributed by atoms with E-state index in [1.807, 2.05) is 0 Å². The Kier molecular flexibility index (Phi) is 4.39. The molecule has 172 valence electrons. The van der Waals surface area contributed by atoms with E-state index < -0.39 is 52.5 Å². The van der Waals surface area contributed by atoms with Gasteiger partial charge in [0.05, 0.1) is 11.8 Å². The smallest absolute Gasteiger partial charge is 0.250 e. The van der Waals surface area contributed by atoms with E-state index in [-0.39, 0.29) is 17.9 Å². The van der Waals surface area contributed by atoms with Crippen LogP contribution in [-0.2, 0) is 26.3 Å². The summed E-state index contributed by atoms with van der Waals surface area (Å²) in [7, 11) is 0. The Balaban J connectivity index is 1.66. The van der Waals surface area contributed by atoms with Gasteiger partial charge in [-0.05, 0) is 63.1 Å². The van der Waals surface area contributed by atoms with Gasteiger partial charge in [-0.15, -0.1) is 0 Å². The molecule has 2 fully saturated rings. The summed E-state index contributed by atoms with van der Waals surface area (Å²) in [5.41, 5.74) is -1.11. The largest absolute Gasteiger partial charge is 0.504 e. The summed E-state index contributed by atoms with van der Waals surface area (Å²) in [6.45, 7) is 5.25. The maximum Gasteiger partial charge on any atom is 0.250 e. The zero-order valence-corrected chi connectivity index (χ0v) is 18.3. The van der Waals surface area contributed by atoms with E-state index >= 15 is 0 Å². The first-order valence-electron chi connectivity index (χ1n) is 10.7. The van der Waals surface area contributed by atoms with Crippen LogP contribution in [-0.4, -0.2) is 44.4 Å². The van der Waals surface area contributed by atoms with Crippen LogP contribution >= 0.6 is 0 Å². The number of hydrogen-bond acceptors (Lipinski definition) is 6. The van der Waals surface area contributed by atoms with Gasteiger partial charge >= 0.3 is 0 Å². The standard InChI is InChI=1S/C24H24FN3O5/c1-23(2,3)28-20(31)18-15(8-11-4-7-16(29)17(30)9-11)27-24(19(18)21(28)32)13-10-12(25)5-6-14(13)26-22(24)33/h4-7,9-10,15,18-19,27,29-30H,8H2,1-3H3,(H,26,33)/t15-,18+,19-,24+/m0/s1. The molecule has 3 heterocycles.